The Morgan fingerprint density at radius 2 is 2.31 bits per heavy atom. The molecule has 13 heavy (non-hydrogen) atoms. The molecule has 1 aromatic rings. The van der Waals surface area contributed by atoms with Gasteiger partial charge in [-0.25, -0.2) is 0 Å². The van der Waals surface area contributed by atoms with E-state index in [0.717, 1.165) is 12.2 Å². The van der Waals surface area contributed by atoms with Gasteiger partial charge in [-0.05, 0) is 24.6 Å². The van der Waals surface area contributed by atoms with E-state index < -0.39 is 0 Å². The molecule has 0 bridgehead atoms. The van der Waals surface area contributed by atoms with Gasteiger partial charge in [0.25, 0.3) is 0 Å². The Bertz CT molecular complexity index is 261. The van der Waals surface area contributed by atoms with Gasteiger partial charge in [-0.15, -0.1) is 0 Å². The summed E-state index contributed by atoms with van der Waals surface area (Å²) in [6, 6.07) is 7.35. The fourth-order valence-corrected chi connectivity index (χ4v) is 1.21. The smallest absolute Gasteiger partial charge is 0.121 e. The molecule has 2 N–H and O–H groups in total. The monoisotopic (exact) mass is 199 g/mol. The number of benzene rings is 1. The van der Waals surface area contributed by atoms with Gasteiger partial charge >= 0.3 is 0 Å². The topological polar surface area (TPSA) is 35.2 Å². The maximum atomic E-state index is 5.80. The minimum Gasteiger partial charge on any atom is -0.489 e. The second-order valence-corrected chi connectivity index (χ2v) is 3.28. The van der Waals surface area contributed by atoms with E-state index in [9.17, 15) is 0 Å². The molecule has 1 atom stereocenters. The molecule has 1 aromatic carbocycles. The number of halogens is 1. The molecule has 0 aliphatic carbocycles. The van der Waals surface area contributed by atoms with Crippen molar-refractivity contribution in [2.24, 2.45) is 5.73 Å². The van der Waals surface area contributed by atoms with Crippen LogP contribution in [0.1, 0.15) is 13.3 Å². The average Bonchev–Trinajstić information content (AvgIpc) is 2.14. The molecular weight excluding hydrogens is 186 g/mol. The standard InChI is InChI=1S/C10H14ClNO/c1-2-9(7-12)13-10-5-3-4-8(11)6-10/h3-6,9H,2,7,12H2,1H3/t9-/m1/s1. The highest BCUT2D eigenvalue weighted by Crippen LogP contribution is 2.18. The van der Waals surface area contributed by atoms with Crippen molar-refractivity contribution < 1.29 is 4.74 Å². The highest BCUT2D eigenvalue weighted by molar-refractivity contribution is 6.30. The Morgan fingerprint density at radius 3 is 2.85 bits per heavy atom. The summed E-state index contributed by atoms with van der Waals surface area (Å²) in [4.78, 5) is 0. The van der Waals surface area contributed by atoms with Crippen LogP contribution in [0.2, 0.25) is 5.02 Å². The first kappa shape index (κ1) is 10.4. The van der Waals surface area contributed by atoms with Crippen LogP contribution in [0.5, 0.6) is 5.75 Å². The van der Waals surface area contributed by atoms with E-state index in [1.54, 1.807) is 6.07 Å². The van der Waals surface area contributed by atoms with Crippen molar-refractivity contribution in [3.8, 4) is 5.75 Å². The number of rotatable bonds is 4. The summed E-state index contributed by atoms with van der Waals surface area (Å²) in [7, 11) is 0. The van der Waals surface area contributed by atoms with Crippen molar-refractivity contribution in [2.45, 2.75) is 19.4 Å². The quantitative estimate of drug-likeness (QED) is 0.809. The third kappa shape index (κ3) is 3.25. The molecule has 0 aliphatic rings. The van der Waals surface area contributed by atoms with E-state index in [4.69, 9.17) is 22.1 Å². The van der Waals surface area contributed by atoms with Gasteiger partial charge in [0.1, 0.15) is 11.9 Å². The van der Waals surface area contributed by atoms with E-state index in [1.165, 1.54) is 0 Å². The molecular formula is C10H14ClNO. The van der Waals surface area contributed by atoms with Gasteiger partial charge in [-0.1, -0.05) is 24.6 Å². The van der Waals surface area contributed by atoms with Gasteiger partial charge in [-0.3, -0.25) is 0 Å². The molecule has 0 aliphatic heterocycles. The maximum Gasteiger partial charge on any atom is 0.121 e. The van der Waals surface area contributed by atoms with Crippen molar-refractivity contribution in [2.75, 3.05) is 6.54 Å². The van der Waals surface area contributed by atoms with Crippen LogP contribution < -0.4 is 10.5 Å². The predicted octanol–water partition coefficient (Wildman–Crippen LogP) is 2.46. The van der Waals surface area contributed by atoms with E-state index in [-0.39, 0.29) is 6.10 Å². The van der Waals surface area contributed by atoms with E-state index >= 15 is 0 Å². The molecule has 0 heterocycles. The Morgan fingerprint density at radius 1 is 1.54 bits per heavy atom. The van der Waals surface area contributed by atoms with Crippen molar-refractivity contribution in [1.29, 1.82) is 0 Å². The maximum absolute atomic E-state index is 5.80. The summed E-state index contributed by atoms with van der Waals surface area (Å²) in [6.07, 6.45) is 0.988. The van der Waals surface area contributed by atoms with Gasteiger partial charge in [0.05, 0.1) is 0 Å². The Labute approximate surface area is 83.6 Å². The highest BCUT2D eigenvalue weighted by atomic mass is 35.5. The van der Waals surface area contributed by atoms with Crippen LogP contribution in [0.15, 0.2) is 24.3 Å². The fourth-order valence-electron chi connectivity index (χ4n) is 1.03. The number of ether oxygens (including phenoxy) is 1. The SMILES string of the molecule is CC[C@H](CN)Oc1cccc(Cl)c1. The molecule has 0 aromatic heterocycles. The molecule has 0 saturated carbocycles. The van der Waals surface area contributed by atoms with Crippen molar-refractivity contribution in [1.82, 2.24) is 0 Å². The lowest BCUT2D eigenvalue weighted by Gasteiger charge is -2.15. The molecule has 0 radical (unpaired) electrons. The average molecular weight is 200 g/mol. The predicted molar refractivity (Wildman–Crippen MR) is 55.2 cm³/mol. The summed E-state index contributed by atoms with van der Waals surface area (Å²) >= 11 is 5.80. The lowest BCUT2D eigenvalue weighted by Crippen LogP contribution is -2.25. The molecule has 3 heteroatoms. The molecule has 2 nitrogen and oxygen atoms in total. The van der Waals surface area contributed by atoms with E-state index in [1.807, 2.05) is 25.1 Å². The van der Waals surface area contributed by atoms with Crippen LogP contribution in [0, 0.1) is 0 Å². The summed E-state index contributed by atoms with van der Waals surface area (Å²) < 4.78 is 5.58. The van der Waals surface area contributed by atoms with Crippen LogP contribution in [-0.4, -0.2) is 12.6 Å². The van der Waals surface area contributed by atoms with Gasteiger partial charge in [0.15, 0.2) is 0 Å². The Hall–Kier alpha value is -0.730. The van der Waals surface area contributed by atoms with Gasteiger partial charge in [0, 0.05) is 11.6 Å². The van der Waals surface area contributed by atoms with Gasteiger partial charge < -0.3 is 10.5 Å². The van der Waals surface area contributed by atoms with Gasteiger partial charge in [-0.2, -0.15) is 0 Å². The normalized spacial score (nSPS) is 12.5. The van der Waals surface area contributed by atoms with E-state index in [0.29, 0.717) is 11.6 Å². The lowest BCUT2D eigenvalue weighted by molar-refractivity contribution is 0.205. The largest absolute Gasteiger partial charge is 0.489 e. The van der Waals surface area contributed by atoms with Crippen LogP contribution in [0.25, 0.3) is 0 Å². The molecule has 0 saturated heterocycles. The zero-order valence-corrected chi connectivity index (χ0v) is 8.42. The number of hydrogen-bond donors (Lipinski definition) is 1. The summed E-state index contributed by atoms with van der Waals surface area (Å²) in [5.41, 5.74) is 5.51. The molecule has 0 unspecified atom stereocenters. The van der Waals surface area contributed by atoms with E-state index in [2.05, 4.69) is 0 Å². The highest BCUT2D eigenvalue weighted by Gasteiger charge is 2.04. The van der Waals surface area contributed by atoms with Crippen molar-refractivity contribution in [3.05, 3.63) is 29.3 Å². The molecule has 0 spiro atoms. The fraction of sp³-hybridized carbons (Fsp3) is 0.400. The van der Waals surface area contributed by atoms with Crippen LogP contribution in [0.3, 0.4) is 0 Å². The van der Waals surface area contributed by atoms with Crippen LogP contribution in [0.4, 0.5) is 0 Å². The van der Waals surface area contributed by atoms with Crippen LogP contribution in [-0.2, 0) is 0 Å². The first-order valence-electron chi connectivity index (χ1n) is 4.38. The minimum atomic E-state index is 0.0819. The Balaban J connectivity index is 2.62. The minimum absolute atomic E-state index is 0.0819. The molecule has 1 rings (SSSR count). The zero-order chi connectivity index (χ0) is 9.68. The van der Waals surface area contributed by atoms with Crippen LogP contribution >= 0.6 is 11.6 Å². The zero-order valence-electron chi connectivity index (χ0n) is 7.66. The third-order valence-electron chi connectivity index (χ3n) is 1.82. The molecule has 0 amide bonds. The second-order valence-electron chi connectivity index (χ2n) is 2.84. The number of nitrogens with two attached hydrogens (primary N) is 1. The second kappa shape index (κ2) is 5.10. The molecule has 0 fully saturated rings. The Kier molecular flexibility index (Phi) is 4.06. The van der Waals surface area contributed by atoms with Crippen molar-refractivity contribution >= 4 is 11.6 Å². The molecule has 72 valence electrons. The number of hydrogen-bond acceptors (Lipinski definition) is 2. The van der Waals surface area contributed by atoms with Crippen molar-refractivity contribution in [3.63, 3.8) is 0 Å². The first-order valence-corrected chi connectivity index (χ1v) is 4.76. The first-order chi connectivity index (χ1) is 6.26. The third-order valence-corrected chi connectivity index (χ3v) is 2.05. The summed E-state index contributed by atoms with van der Waals surface area (Å²) in [5, 5.41) is 0.685. The lowest BCUT2D eigenvalue weighted by atomic mass is 10.2. The van der Waals surface area contributed by atoms with Gasteiger partial charge in [0.2, 0.25) is 0 Å². The summed E-state index contributed by atoms with van der Waals surface area (Å²) in [6.45, 7) is 2.57. The summed E-state index contributed by atoms with van der Waals surface area (Å²) in [5.74, 6) is 0.782.